The highest BCUT2D eigenvalue weighted by atomic mass is 16.8. The van der Waals surface area contributed by atoms with Gasteiger partial charge in [-0.25, -0.2) is 0 Å². The van der Waals surface area contributed by atoms with Gasteiger partial charge in [-0.1, -0.05) is 286 Å². The quantitative estimate of drug-likeness (QED) is 0.0199. The van der Waals surface area contributed by atoms with Crippen molar-refractivity contribution in [1.82, 2.24) is 5.32 Å². The molecule has 3 fully saturated rings. The van der Waals surface area contributed by atoms with Crippen LogP contribution in [0.3, 0.4) is 0 Å². The van der Waals surface area contributed by atoms with Gasteiger partial charge >= 0.3 is 0 Å². The minimum absolute atomic E-state index is 0.246. The third-order valence-electron chi connectivity index (χ3n) is 19.1. The third-order valence-corrected chi connectivity index (χ3v) is 19.1. The van der Waals surface area contributed by atoms with E-state index >= 15 is 0 Å². The van der Waals surface area contributed by atoms with Crippen molar-refractivity contribution in [2.75, 3.05) is 26.4 Å². The molecule has 17 atom stereocenters. The number of unbranched alkanes of at least 4 members (excludes halogenated alkanes) is 36. The van der Waals surface area contributed by atoms with Crippen LogP contribution in [0.4, 0.5) is 0 Å². The molecule has 0 aromatic heterocycles. The van der Waals surface area contributed by atoms with Crippen molar-refractivity contribution in [3.63, 3.8) is 0 Å². The summed E-state index contributed by atoms with van der Waals surface area (Å²) in [4.78, 5) is 13.4. The van der Waals surface area contributed by atoms with E-state index in [2.05, 4.69) is 67.8 Å². The molecule has 3 aliphatic rings. The van der Waals surface area contributed by atoms with Crippen molar-refractivity contribution in [2.24, 2.45) is 0 Å². The fourth-order valence-corrected chi connectivity index (χ4v) is 12.9. The highest BCUT2D eigenvalue weighted by Crippen LogP contribution is 2.33. The lowest BCUT2D eigenvalue weighted by Crippen LogP contribution is -2.66. The van der Waals surface area contributed by atoms with Crippen molar-refractivity contribution in [3.8, 4) is 0 Å². The van der Waals surface area contributed by atoms with Gasteiger partial charge in [-0.15, -0.1) is 0 Å². The number of amides is 1. The van der Waals surface area contributed by atoms with E-state index in [1.807, 2.05) is 6.08 Å². The second kappa shape index (κ2) is 58.0. The highest BCUT2D eigenvalue weighted by Gasteiger charge is 2.53. The first-order valence-corrected chi connectivity index (χ1v) is 38.5. The molecule has 560 valence electrons. The first kappa shape index (κ1) is 87.7. The van der Waals surface area contributed by atoms with E-state index in [4.69, 9.17) is 28.4 Å². The van der Waals surface area contributed by atoms with Crippen LogP contribution in [0.1, 0.15) is 290 Å². The van der Waals surface area contributed by atoms with E-state index in [1.165, 1.54) is 193 Å². The number of aliphatic hydroxyl groups is 11. The molecular formula is C77H139NO18. The van der Waals surface area contributed by atoms with Gasteiger partial charge in [0.1, 0.15) is 73.2 Å². The summed E-state index contributed by atoms with van der Waals surface area (Å²) in [7, 11) is 0. The van der Waals surface area contributed by atoms with E-state index in [0.29, 0.717) is 6.42 Å². The molecule has 3 rings (SSSR count). The van der Waals surface area contributed by atoms with Crippen LogP contribution in [0.15, 0.2) is 60.8 Å². The van der Waals surface area contributed by atoms with Crippen LogP contribution in [0.25, 0.3) is 0 Å². The molecular weight excluding hydrogens is 1230 g/mol. The molecule has 0 saturated carbocycles. The molecule has 0 aromatic carbocycles. The Balaban J connectivity index is 1.31. The number of rotatable bonds is 60. The number of carbonyl (C=O) groups is 1. The minimum atomic E-state index is -1.98. The summed E-state index contributed by atoms with van der Waals surface area (Å²) in [5.41, 5.74) is 0. The first-order chi connectivity index (χ1) is 46.8. The number of allylic oxidation sites excluding steroid dienone is 9. The van der Waals surface area contributed by atoms with E-state index < -0.39 is 124 Å². The Bertz CT molecular complexity index is 1970. The molecule has 17 unspecified atom stereocenters. The molecule has 0 aromatic rings. The summed E-state index contributed by atoms with van der Waals surface area (Å²) >= 11 is 0. The van der Waals surface area contributed by atoms with Crippen LogP contribution < -0.4 is 5.32 Å². The molecule has 12 N–H and O–H groups in total. The van der Waals surface area contributed by atoms with E-state index in [0.717, 1.165) is 70.6 Å². The van der Waals surface area contributed by atoms with Gasteiger partial charge in [-0.05, 0) is 57.8 Å². The van der Waals surface area contributed by atoms with Crippen LogP contribution >= 0.6 is 0 Å². The lowest BCUT2D eigenvalue weighted by molar-refractivity contribution is -0.379. The zero-order valence-corrected chi connectivity index (χ0v) is 59.6. The van der Waals surface area contributed by atoms with E-state index in [1.54, 1.807) is 6.08 Å². The van der Waals surface area contributed by atoms with Gasteiger partial charge in [0.2, 0.25) is 5.91 Å². The van der Waals surface area contributed by atoms with Crippen LogP contribution in [-0.2, 0) is 33.2 Å². The molecule has 3 aliphatic heterocycles. The fraction of sp³-hybridized carbons (Fsp3) is 0.857. The first-order valence-electron chi connectivity index (χ1n) is 38.5. The SMILES string of the molecule is CC/C=C\C/C=C\C/C=C\C/C=C\CCCCCCCCCCCCCCCCCCCCCCCCCCC(=O)NC(COC1OC(CO)C(OC2OC(CO)C(OC3OC(CO)C(O)C(O)C3O)C(O)C2O)C(O)C1O)C(O)/C=C/CCCCCCCCCCCCCC. The molecule has 0 radical (unpaired) electrons. The Kier molecular flexibility index (Phi) is 53.0. The molecule has 0 aliphatic carbocycles. The highest BCUT2D eigenvalue weighted by molar-refractivity contribution is 5.76. The van der Waals surface area contributed by atoms with Gasteiger partial charge in [0.25, 0.3) is 0 Å². The molecule has 3 saturated heterocycles. The smallest absolute Gasteiger partial charge is 0.220 e. The molecule has 19 nitrogen and oxygen atoms in total. The summed E-state index contributed by atoms with van der Waals surface area (Å²) in [6.07, 6.45) is 46.6. The van der Waals surface area contributed by atoms with Crippen molar-refractivity contribution in [1.29, 1.82) is 0 Å². The van der Waals surface area contributed by atoms with E-state index in [9.17, 15) is 61.0 Å². The average molecular weight is 1370 g/mol. The molecule has 96 heavy (non-hydrogen) atoms. The summed E-state index contributed by atoms with van der Waals surface area (Å²) < 4.78 is 34.4. The topological polar surface area (TPSA) is 307 Å². The van der Waals surface area contributed by atoms with E-state index in [-0.39, 0.29) is 18.9 Å². The average Bonchev–Trinajstić information content (AvgIpc) is 0.787. The zero-order valence-electron chi connectivity index (χ0n) is 59.6. The summed E-state index contributed by atoms with van der Waals surface area (Å²) in [5.74, 6) is -0.272. The lowest BCUT2D eigenvalue weighted by Gasteiger charge is -2.48. The second-order valence-electron chi connectivity index (χ2n) is 27.4. The second-order valence-corrected chi connectivity index (χ2v) is 27.4. The predicted molar refractivity (Wildman–Crippen MR) is 379 cm³/mol. The maximum absolute atomic E-state index is 13.4. The van der Waals surface area contributed by atoms with Crippen LogP contribution in [0.2, 0.25) is 0 Å². The van der Waals surface area contributed by atoms with Crippen molar-refractivity contribution in [2.45, 2.75) is 394 Å². The third kappa shape index (κ3) is 38.5. The van der Waals surface area contributed by atoms with Crippen LogP contribution in [0, 0.1) is 0 Å². The standard InChI is InChI=1S/C77H139NO18/c1-3-5-7-9-11-13-15-17-19-20-21-22-23-24-25-26-27-28-29-30-31-32-33-34-35-36-37-38-39-40-41-43-45-47-49-51-53-55-65(83)78-60(61(82)54-52-50-48-46-44-42-18-16-14-12-10-8-6-4-2)59-91-75-71(89)68(86)73(63(57-80)93-75)96-77-72(90)69(87)74(64(58-81)94-77)95-76-70(88)67(85)66(84)62(56-79)92-76/h5,7,11,13,17,19,21-22,52,54,60-64,66-77,79-82,84-90H,3-4,6,8-10,12,14-16,18,20,23-51,53,55-59H2,1-2H3,(H,78,83)/b7-5-,13-11-,19-17-,22-21-,54-52+. The molecule has 1 amide bonds. The maximum Gasteiger partial charge on any atom is 0.220 e. The molecule has 0 spiro atoms. The number of nitrogens with one attached hydrogen (secondary N) is 1. The Morgan fingerprint density at radius 3 is 1.12 bits per heavy atom. The number of hydrogen-bond donors (Lipinski definition) is 12. The summed E-state index contributed by atoms with van der Waals surface area (Å²) in [6, 6.07) is -0.972. The summed E-state index contributed by atoms with van der Waals surface area (Å²) in [5, 5.41) is 121. The van der Waals surface area contributed by atoms with Crippen molar-refractivity contribution >= 4 is 5.91 Å². The Morgan fingerprint density at radius 2 is 0.719 bits per heavy atom. The molecule has 3 heterocycles. The number of ether oxygens (including phenoxy) is 6. The van der Waals surface area contributed by atoms with Gasteiger partial charge in [0, 0.05) is 6.42 Å². The zero-order chi connectivity index (χ0) is 69.6. The van der Waals surface area contributed by atoms with Crippen molar-refractivity contribution < 1.29 is 89.4 Å². The monoisotopic (exact) mass is 1370 g/mol. The Morgan fingerprint density at radius 1 is 0.385 bits per heavy atom. The number of aliphatic hydroxyl groups excluding tert-OH is 11. The van der Waals surface area contributed by atoms with Crippen LogP contribution in [-0.4, -0.2) is 193 Å². The van der Waals surface area contributed by atoms with Crippen LogP contribution in [0.5, 0.6) is 0 Å². The minimum Gasteiger partial charge on any atom is -0.394 e. The number of carbonyl (C=O) groups excluding carboxylic acids is 1. The lowest BCUT2D eigenvalue weighted by atomic mass is 9.96. The van der Waals surface area contributed by atoms with Gasteiger partial charge in [0.15, 0.2) is 18.9 Å². The predicted octanol–water partition coefficient (Wildman–Crippen LogP) is 11.9. The van der Waals surface area contributed by atoms with Gasteiger partial charge in [0.05, 0.1) is 38.6 Å². The molecule has 19 heteroatoms. The Labute approximate surface area is 579 Å². The van der Waals surface area contributed by atoms with Crippen molar-refractivity contribution in [3.05, 3.63) is 60.8 Å². The summed E-state index contributed by atoms with van der Waals surface area (Å²) in [6.45, 7) is 1.64. The van der Waals surface area contributed by atoms with Gasteiger partial charge in [-0.3, -0.25) is 4.79 Å². The number of hydrogen-bond acceptors (Lipinski definition) is 18. The maximum atomic E-state index is 13.4. The normalized spacial score (nSPS) is 27.4. The van der Waals surface area contributed by atoms with Gasteiger partial charge in [-0.2, -0.15) is 0 Å². The molecule has 0 bridgehead atoms. The largest absolute Gasteiger partial charge is 0.394 e. The van der Waals surface area contributed by atoms with Gasteiger partial charge < -0.3 is 89.9 Å². The fourth-order valence-electron chi connectivity index (χ4n) is 12.9. The Hall–Kier alpha value is -2.51.